The SMILES string of the molecule is CC1CSCCN1CC(=O)c1ccc2c(c1)OCO2. The normalized spacial score (nSPS) is 22.5. The number of Topliss-reactive ketones (excluding diaryl/α,β-unsaturated/α-hetero) is 1. The number of carbonyl (C=O) groups is 1. The van der Waals surface area contributed by atoms with Crippen LogP contribution in [0.2, 0.25) is 0 Å². The molecule has 1 fully saturated rings. The number of benzene rings is 1. The van der Waals surface area contributed by atoms with E-state index in [0.29, 0.717) is 23.9 Å². The summed E-state index contributed by atoms with van der Waals surface area (Å²) in [5, 5.41) is 0. The molecule has 19 heavy (non-hydrogen) atoms. The third-order valence-corrected chi connectivity index (χ3v) is 4.74. The Labute approximate surface area is 117 Å². The van der Waals surface area contributed by atoms with Gasteiger partial charge in [-0.25, -0.2) is 0 Å². The van der Waals surface area contributed by atoms with Crippen molar-refractivity contribution in [3.05, 3.63) is 23.8 Å². The molecule has 0 aromatic heterocycles. The van der Waals surface area contributed by atoms with E-state index in [0.717, 1.165) is 23.8 Å². The van der Waals surface area contributed by atoms with Crippen LogP contribution in [0.3, 0.4) is 0 Å². The van der Waals surface area contributed by atoms with Gasteiger partial charge in [0.1, 0.15) is 0 Å². The average molecular weight is 279 g/mol. The van der Waals surface area contributed by atoms with E-state index >= 15 is 0 Å². The molecule has 0 aliphatic carbocycles. The van der Waals surface area contributed by atoms with Crippen LogP contribution < -0.4 is 9.47 Å². The fourth-order valence-electron chi connectivity index (χ4n) is 2.34. The van der Waals surface area contributed by atoms with Crippen LogP contribution in [-0.2, 0) is 0 Å². The molecule has 2 aliphatic heterocycles. The van der Waals surface area contributed by atoms with Crippen LogP contribution in [0.1, 0.15) is 17.3 Å². The Morgan fingerprint density at radius 1 is 1.42 bits per heavy atom. The zero-order chi connectivity index (χ0) is 13.2. The molecule has 1 saturated heterocycles. The van der Waals surface area contributed by atoms with Crippen molar-refractivity contribution in [3.63, 3.8) is 0 Å². The van der Waals surface area contributed by atoms with Crippen molar-refractivity contribution in [1.82, 2.24) is 4.90 Å². The highest BCUT2D eigenvalue weighted by Crippen LogP contribution is 2.32. The first-order chi connectivity index (χ1) is 9.24. The smallest absolute Gasteiger partial charge is 0.231 e. The van der Waals surface area contributed by atoms with E-state index in [1.165, 1.54) is 0 Å². The molecule has 0 N–H and O–H groups in total. The number of ether oxygens (including phenoxy) is 2. The van der Waals surface area contributed by atoms with Gasteiger partial charge in [-0.2, -0.15) is 11.8 Å². The first-order valence-corrected chi connectivity index (χ1v) is 7.64. The molecule has 0 bridgehead atoms. The van der Waals surface area contributed by atoms with E-state index in [2.05, 4.69) is 11.8 Å². The summed E-state index contributed by atoms with van der Waals surface area (Å²) in [6.07, 6.45) is 0. The molecule has 1 atom stereocenters. The van der Waals surface area contributed by atoms with Crippen LogP contribution in [-0.4, -0.2) is 48.1 Å². The molecule has 0 spiro atoms. The van der Waals surface area contributed by atoms with Gasteiger partial charge in [0.2, 0.25) is 6.79 Å². The van der Waals surface area contributed by atoms with Crippen molar-refractivity contribution in [1.29, 1.82) is 0 Å². The average Bonchev–Trinajstić information content (AvgIpc) is 2.88. The minimum absolute atomic E-state index is 0.150. The number of hydrogen-bond acceptors (Lipinski definition) is 5. The Hall–Kier alpha value is -1.20. The second kappa shape index (κ2) is 5.43. The Bertz CT molecular complexity index is 492. The van der Waals surface area contributed by atoms with Crippen LogP contribution in [0.5, 0.6) is 11.5 Å². The van der Waals surface area contributed by atoms with Gasteiger partial charge in [-0.15, -0.1) is 0 Å². The predicted molar refractivity (Wildman–Crippen MR) is 75.3 cm³/mol. The third-order valence-electron chi connectivity index (χ3n) is 3.55. The lowest BCUT2D eigenvalue weighted by molar-refractivity contribution is 0.0910. The zero-order valence-electron chi connectivity index (χ0n) is 10.9. The molecule has 5 heteroatoms. The standard InChI is InChI=1S/C14H17NO3S/c1-10-8-19-5-4-15(10)7-12(16)11-2-3-13-14(6-11)18-9-17-13/h2-3,6,10H,4-5,7-9H2,1H3. The number of carbonyl (C=O) groups excluding carboxylic acids is 1. The van der Waals surface area contributed by atoms with E-state index in [1.807, 2.05) is 23.9 Å². The van der Waals surface area contributed by atoms with Gasteiger partial charge in [-0.05, 0) is 25.1 Å². The summed E-state index contributed by atoms with van der Waals surface area (Å²) in [4.78, 5) is 14.6. The topological polar surface area (TPSA) is 38.8 Å². The van der Waals surface area contributed by atoms with Crippen LogP contribution in [0.4, 0.5) is 0 Å². The summed E-state index contributed by atoms with van der Waals surface area (Å²) in [6, 6.07) is 5.88. The summed E-state index contributed by atoms with van der Waals surface area (Å²) in [5.74, 6) is 3.76. The molecular formula is C14H17NO3S. The minimum atomic E-state index is 0.150. The molecule has 0 amide bonds. The van der Waals surface area contributed by atoms with Crippen molar-refractivity contribution in [2.75, 3.05) is 31.4 Å². The maximum absolute atomic E-state index is 12.3. The molecule has 0 radical (unpaired) electrons. The van der Waals surface area contributed by atoms with Crippen LogP contribution in [0, 0.1) is 0 Å². The summed E-state index contributed by atoms with van der Waals surface area (Å²) in [5.41, 5.74) is 0.703. The molecule has 0 saturated carbocycles. The quantitative estimate of drug-likeness (QED) is 0.792. The molecule has 2 aliphatic rings. The van der Waals surface area contributed by atoms with E-state index in [9.17, 15) is 4.79 Å². The number of hydrogen-bond donors (Lipinski definition) is 0. The lowest BCUT2D eigenvalue weighted by Crippen LogP contribution is -2.43. The maximum Gasteiger partial charge on any atom is 0.231 e. The Balaban J connectivity index is 1.70. The fourth-order valence-corrected chi connectivity index (χ4v) is 3.42. The van der Waals surface area contributed by atoms with Crippen molar-refractivity contribution in [3.8, 4) is 11.5 Å². The van der Waals surface area contributed by atoms with Gasteiger partial charge in [0, 0.05) is 29.7 Å². The lowest BCUT2D eigenvalue weighted by atomic mass is 10.1. The van der Waals surface area contributed by atoms with E-state index in [-0.39, 0.29) is 12.6 Å². The van der Waals surface area contributed by atoms with Crippen LogP contribution in [0.25, 0.3) is 0 Å². The van der Waals surface area contributed by atoms with Gasteiger partial charge in [0.25, 0.3) is 0 Å². The van der Waals surface area contributed by atoms with Crippen molar-refractivity contribution in [2.45, 2.75) is 13.0 Å². The highest BCUT2D eigenvalue weighted by atomic mass is 32.2. The van der Waals surface area contributed by atoms with Crippen LogP contribution >= 0.6 is 11.8 Å². The fraction of sp³-hybridized carbons (Fsp3) is 0.500. The Morgan fingerprint density at radius 3 is 3.11 bits per heavy atom. The van der Waals surface area contributed by atoms with Gasteiger partial charge in [0.15, 0.2) is 17.3 Å². The highest BCUT2D eigenvalue weighted by molar-refractivity contribution is 7.99. The number of ketones is 1. The number of nitrogens with zero attached hydrogens (tertiary/aromatic N) is 1. The van der Waals surface area contributed by atoms with Crippen molar-refractivity contribution < 1.29 is 14.3 Å². The van der Waals surface area contributed by atoms with Gasteiger partial charge < -0.3 is 9.47 Å². The Morgan fingerprint density at radius 2 is 2.26 bits per heavy atom. The molecule has 4 nitrogen and oxygen atoms in total. The van der Waals surface area contributed by atoms with Crippen molar-refractivity contribution in [2.24, 2.45) is 0 Å². The van der Waals surface area contributed by atoms with Crippen molar-refractivity contribution >= 4 is 17.5 Å². The molecule has 2 heterocycles. The largest absolute Gasteiger partial charge is 0.454 e. The number of rotatable bonds is 3. The molecule has 1 aromatic rings. The molecular weight excluding hydrogens is 262 g/mol. The highest BCUT2D eigenvalue weighted by Gasteiger charge is 2.22. The van der Waals surface area contributed by atoms with E-state index < -0.39 is 0 Å². The third kappa shape index (κ3) is 2.72. The molecule has 1 unspecified atom stereocenters. The number of thioether (sulfide) groups is 1. The summed E-state index contributed by atoms with van der Waals surface area (Å²) in [6.45, 7) is 3.90. The van der Waals surface area contributed by atoms with Gasteiger partial charge in [-0.3, -0.25) is 9.69 Å². The van der Waals surface area contributed by atoms with Gasteiger partial charge in [0.05, 0.1) is 6.54 Å². The van der Waals surface area contributed by atoms with E-state index in [4.69, 9.17) is 9.47 Å². The van der Waals surface area contributed by atoms with E-state index in [1.54, 1.807) is 6.07 Å². The molecule has 3 rings (SSSR count). The minimum Gasteiger partial charge on any atom is -0.454 e. The predicted octanol–water partition coefficient (Wildman–Crippen LogP) is 2.04. The monoisotopic (exact) mass is 279 g/mol. The maximum atomic E-state index is 12.3. The summed E-state index contributed by atoms with van der Waals surface area (Å²) in [7, 11) is 0. The lowest BCUT2D eigenvalue weighted by Gasteiger charge is -2.32. The zero-order valence-corrected chi connectivity index (χ0v) is 11.7. The Kier molecular flexibility index (Phi) is 3.66. The first kappa shape index (κ1) is 12.8. The van der Waals surface area contributed by atoms with Gasteiger partial charge >= 0.3 is 0 Å². The molecule has 102 valence electrons. The molecule has 1 aromatic carbocycles. The number of fused-ring (bicyclic) bond motifs is 1. The second-order valence-corrected chi connectivity index (χ2v) is 6.04. The summed E-state index contributed by atoms with van der Waals surface area (Å²) < 4.78 is 10.6. The summed E-state index contributed by atoms with van der Waals surface area (Å²) >= 11 is 1.96. The second-order valence-electron chi connectivity index (χ2n) is 4.89. The van der Waals surface area contributed by atoms with Crippen LogP contribution in [0.15, 0.2) is 18.2 Å². The first-order valence-electron chi connectivity index (χ1n) is 6.48. The van der Waals surface area contributed by atoms with Gasteiger partial charge in [-0.1, -0.05) is 0 Å².